The number of halogens is 2. The molecule has 2 N–H and O–H groups in total. The molecular formula is C19H19ClFNO3S2. The van der Waals surface area contributed by atoms with Crippen molar-refractivity contribution in [3.05, 3.63) is 64.9 Å². The third-order valence-electron chi connectivity index (χ3n) is 4.94. The standard InChI is InChI=1S/C19H19ClFNO3S2/c1-2-25-11-19(18(22)26)16(12-4-3-5-14(21)10-12)17(19)27(23,24)15-8-6-13(20)7-9-15/h3-10,16-17H,2,11H2,1H3,(H2,22,26)/t16-,17+,19+/m1/s1. The Hall–Kier alpha value is -1.54. The van der Waals surface area contributed by atoms with Crippen LogP contribution in [0.2, 0.25) is 5.02 Å². The van der Waals surface area contributed by atoms with Crippen molar-refractivity contribution in [1.29, 1.82) is 0 Å². The molecule has 144 valence electrons. The summed E-state index contributed by atoms with van der Waals surface area (Å²) in [7, 11) is -3.80. The van der Waals surface area contributed by atoms with Crippen molar-refractivity contribution in [2.24, 2.45) is 11.1 Å². The van der Waals surface area contributed by atoms with E-state index < -0.39 is 32.2 Å². The maximum atomic E-state index is 13.8. The zero-order valence-electron chi connectivity index (χ0n) is 14.6. The molecule has 1 saturated carbocycles. The number of benzene rings is 2. The molecule has 0 saturated heterocycles. The maximum absolute atomic E-state index is 13.8. The van der Waals surface area contributed by atoms with Gasteiger partial charge in [-0.3, -0.25) is 0 Å². The average molecular weight is 428 g/mol. The summed E-state index contributed by atoms with van der Waals surface area (Å²) in [4.78, 5) is 0.167. The highest BCUT2D eigenvalue weighted by molar-refractivity contribution is 7.92. The molecule has 0 aromatic heterocycles. The monoisotopic (exact) mass is 427 g/mol. The van der Waals surface area contributed by atoms with Crippen molar-refractivity contribution >= 4 is 38.6 Å². The van der Waals surface area contributed by atoms with Gasteiger partial charge < -0.3 is 10.5 Å². The Morgan fingerprint density at radius 2 is 1.96 bits per heavy atom. The Labute approximate surface area is 168 Å². The first kappa shape index (κ1) is 20.2. The molecule has 0 spiro atoms. The zero-order chi connectivity index (χ0) is 19.8. The van der Waals surface area contributed by atoms with E-state index in [1.807, 2.05) is 0 Å². The molecule has 0 bridgehead atoms. The minimum absolute atomic E-state index is 0.0488. The number of nitrogens with two attached hydrogens (primary N) is 1. The molecule has 0 radical (unpaired) electrons. The second-order valence-electron chi connectivity index (χ2n) is 6.49. The van der Waals surface area contributed by atoms with E-state index in [1.54, 1.807) is 19.1 Å². The SMILES string of the molecule is CCOC[C@]1(C(N)=S)[C@H](c2cccc(F)c2)[C@@H]1S(=O)(=O)c1ccc(Cl)cc1. The molecule has 0 unspecified atom stereocenters. The third kappa shape index (κ3) is 3.49. The van der Waals surface area contributed by atoms with Crippen LogP contribution in [0.4, 0.5) is 4.39 Å². The quantitative estimate of drug-likeness (QED) is 0.682. The van der Waals surface area contributed by atoms with Crippen LogP contribution in [-0.4, -0.2) is 31.9 Å². The lowest BCUT2D eigenvalue weighted by Gasteiger charge is -2.17. The highest BCUT2D eigenvalue weighted by atomic mass is 35.5. The smallest absolute Gasteiger partial charge is 0.182 e. The maximum Gasteiger partial charge on any atom is 0.182 e. The van der Waals surface area contributed by atoms with Crippen molar-refractivity contribution in [2.45, 2.75) is 23.0 Å². The molecule has 4 nitrogen and oxygen atoms in total. The number of hydrogen-bond donors (Lipinski definition) is 1. The van der Waals surface area contributed by atoms with Gasteiger partial charge in [0.2, 0.25) is 0 Å². The highest BCUT2D eigenvalue weighted by Crippen LogP contribution is 2.64. The molecule has 1 aliphatic carbocycles. The summed E-state index contributed by atoms with van der Waals surface area (Å²) in [5.74, 6) is -1.03. The van der Waals surface area contributed by atoms with Gasteiger partial charge in [0.25, 0.3) is 0 Å². The van der Waals surface area contributed by atoms with Gasteiger partial charge >= 0.3 is 0 Å². The van der Waals surface area contributed by atoms with E-state index in [4.69, 9.17) is 34.3 Å². The van der Waals surface area contributed by atoms with E-state index in [1.165, 1.54) is 36.4 Å². The minimum Gasteiger partial charge on any atom is -0.393 e. The van der Waals surface area contributed by atoms with Crippen LogP contribution in [0.5, 0.6) is 0 Å². The molecule has 2 aromatic carbocycles. The summed E-state index contributed by atoms with van der Waals surface area (Å²) >= 11 is 11.1. The molecule has 8 heteroatoms. The predicted octanol–water partition coefficient (Wildman–Crippen LogP) is 3.73. The Morgan fingerprint density at radius 1 is 1.30 bits per heavy atom. The Morgan fingerprint density at radius 3 is 2.52 bits per heavy atom. The van der Waals surface area contributed by atoms with Crippen LogP contribution in [-0.2, 0) is 14.6 Å². The van der Waals surface area contributed by atoms with Crippen molar-refractivity contribution in [2.75, 3.05) is 13.2 Å². The van der Waals surface area contributed by atoms with E-state index in [2.05, 4.69) is 0 Å². The second-order valence-corrected chi connectivity index (χ2v) is 9.44. The van der Waals surface area contributed by atoms with Gasteiger partial charge in [-0.1, -0.05) is 36.0 Å². The average Bonchev–Trinajstić information content (AvgIpc) is 3.32. The summed E-state index contributed by atoms with van der Waals surface area (Å²) in [5, 5.41) is -0.502. The minimum atomic E-state index is -3.80. The van der Waals surface area contributed by atoms with Gasteiger partial charge in [-0.05, 0) is 48.9 Å². The molecule has 3 rings (SSSR count). The summed E-state index contributed by atoms with van der Waals surface area (Å²) in [6.45, 7) is 2.24. The van der Waals surface area contributed by atoms with E-state index in [-0.39, 0.29) is 16.5 Å². The number of thiocarbonyl (C=S) groups is 1. The van der Waals surface area contributed by atoms with Gasteiger partial charge in [0.15, 0.2) is 9.84 Å². The highest BCUT2D eigenvalue weighted by Gasteiger charge is 2.73. The van der Waals surface area contributed by atoms with Crippen LogP contribution in [0.3, 0.4) is 0 Å². The first-order chi connectivity index (χ1) is 12.7. The lowest BCUT2D eigenvalue weighted by atomic mass is 10.00. The lowest BCUT2D eigenvalue weighted by molar-refractivity contribution is 0.121. The molecule has 1 aliphatic rings. The van der Waals surface area contributed by atoms with Crippen LogP contribution >= 0.6 is 23.8 Å². The van der Waals surface area contributed by atoms with Crippen molar-refractivity contribution < 1.29 is 17.5 Å². The largest absolute Gasteiger partial charge is 0.393 e. The van der Waals surface area contributed by atoms with E-state index >= 15 is 0 Å². The Bertz CT molecular complexity index is 965. The van der Waals surface area contributed by atoms with Crippen LogP contribution in [0, 0.1) is 11.2 Å². The summed E-state index contributed by atoms with van der Waals surface area (Å²) in [6.07, 6.45) is 0. The fourth-order valence-corrected chi connectivity index (χ4v) is 6.51. The van der Waals surface area contributed by atoms with E-state index in [9.17, 15) is 12.8 Å². The van der Waals surface area contributed by atoms with Crippen LogP contribution in [0.1, 0.15) is 18.4 Å². The number of rotatable bonds is 7. The second kappa shape index (κ2) is 7.47. The number of hydrogen-bond acceptors (Lipinski definition) is 4. The molecular weight excluding hydrogens is 409 g/mol. The van der Waals surface area contributed by atoms with Gasteiger partial charge in [-0.25, -0.2) is 12.8 Å². The first-order valence-corrected chi connectivity index (χ1v) is 10.7. The van der Waals surface area contributed by atoms with Crippen molar-refractivity contribution in [1.82, 2.24) is 0 Å². The summed E-state index contributed by atoms with van der Waals surface area (Å²) in [5.41, 5.74) is 5.45. The molecule has 0 aliphatic heterocycles. The van der Waals surface area contributed by atoms with Gasteiger partial charge in [-0.2, -0.15) is 0 Å². The van der Waals surface area contributed by atoms with Gasteiger partial charge in [0, 0.05) is 17.5 Å². The van der Waals surface area contributed by atoms with Crippen molar-refractivity contribution in [3.63, 3.8) is 0 Å². The first-order valence-electron chi connectivity index (χ1n) is 8.37. The normalized spacial score (nSPS) is 24.6. The van der Waals surface area contributed by atoms with E-state index in [0.29, 0.717) is 17.2 Å². The van der Waals surface area contributed by atoms with Gasteiger partial charge in [0.05, 0.1) is 27.2 Å². The van der Waals surface area contributed by atoms with Crippen LogP contribution in [0.15, 0.2) is 53.4 Å². The van der Waals surface area contributed by atoms with Crippen LogP contribution < -0.4 is 5.73 Å². The van der Waals surface area contributed by atoms with Gasteiger partial charge in [0.1, 0.15) is 5.82 Å². The molecule has 0 heterocycles. The fraction of sp³-hybridized carbons (Fsp3) is 0.316. The predicted molar refractivity (Wildman–Crippen MR) is 107 cm³/mol. The molecule has 3 atom stereocenters. The number of ether oxygens (including phenoxy) is 1. The topological polar surface area (TPSA) is 69.4 Å². The lowest BCUT2D eigenvalue weighted by Crippen LogP contribution is -2.33. The zero-order valence-corrected chi connectivity index (χ0v) is 17.0. The van der Waals surface area contributed by atoms with E-state index in [0.717, 1.165) is 0 Å². The molecule has 27 heavy (non-hydrogen) atoms. The molecule has 0 amide bonds. The molecule has 2 aromatic rings. The fourth-order valence-electron chi connectivity index (χ4n) is 3.61. The summed E-state index contributed by atoms with van der Waals surface area (Å²) < 4.78 is 46.0. The number of sulfone groups is 1. The summed E-state index contributed by atoms with van der Waals surface area (Å²) in [6, 6.07) is 11.8. The molecule has 1 fully saturated rings. The Kier molecular flexibility index (Phi) is 5.59. The van der Waals surface area contributed by atoms with Crippen molar-refractivity contribution in [3.8, 4) is 0 Å². The Balaban J connectivity index is 2.12. The van der Waals surface area contributed by atoms with Gasteiger partial charge in [-0.15, -0.1) is 0 Å². The van der Waals surface area contributed by atoms with Crippen LogP contribution in [0.25, 0.3) is 0 Å². The third-order valence-corrected chi connectivity index (χ3v) is 7.87.